The highest BCUT2D eigenvalue weighted by Gasteiger charge is 2.37. The molecule has 1 amide bonds. The van der Waals surface area contributed by atoms with Gasteiger partial charge < -0.3 is 30.8 Å². The smallest absolute Gasteiger partial charge is 0.335 e. The molecule has 0 aliphatic rings. The summed E-state index contributed by atoms with van der Waals surface area (Å²) >= 11 is 0. The van der Waals surface area contributed by atoms with Gasteiger partial charge in [0.05, 0.1) is 0 Å². The molecule has 0 aromatic rings. The third kappa shape index (κ3) is 12.1. The molecule has 0 fully saturated rings. The van der Waals surface area contributed by atoms with Gasteiger partial charge in [0.2, 0.25) is 0 Å². The molecule has 0 spiro atoms. The summed E-state index contributed by atoms with van der Waals surface area (Å²) in [6, 6.07) is 0. The SMILES string of the molecule is CCCCCCCCCCCCC=CNC(=O)[C@@H](O)[C@H](O)[C@@H](O)[C@@H](O)C(=O)O. The Morgan fingerprint density at radius 3 is 1.75 bits per heavy atom. The van der Waals surface area contributed by atoms with Crippen LogP contribution in [0.15, 0.2) is 12.3 Å². The highest BCUT2D eigenvalue weighted by atomic mass is 16.4. The first-order chi connectivity index (χ1) is 13.3. The van der Waals surface area contributed by atoms with Crippen molar-refractivity contribution >= 4 is 11.9 Å². The molecule has 8 heteroatoms. The fourth-order valence-corrected chi connectivity index (χ4v) is 2.73. The average Bonchev–Trinajstić information content (AvgIpc) is 2.68. The number of aliphatic carboxylic acids is 1. The number of hydrogen-bond donors (Lipinski definition) is 6. The van der Waals surface area contributed by atoms with E-state index in [1.807, 2.05) is 0 Å². The van der Waals surface area contributed by atoms with E-state index in [9.17, 15) is 24.9 Å². The van der Waals surface area contributed by atoms with Crippen molar-refractivity contribution in [2.24, 2.45) is 0 Å². The topological polar surface area (TPSA) is 147 Å². The highest BCUT2D eigenvalue weighted by Crippen LogP contribution is 2.11. The van der Waals surface area contributed by atoms with Crippen molar-refractivity contribution < 1.29 is 35.1 Å². The molecular formula is C20H37NO7. The second-order valence-electron chi connectivity index (χ2n) is 7.09. The molecule has 0 heterocycles. The number of aliphatic hydroxyl groups is 4. The number of hydrogen-bond acceptors (Lipinski definition) is 6. The lowest BCUT2D eigenvalue weighted by Crippen LogP contribution is -2.52. The van der Waals surface area contributed by atoms with E-state index >= 15 is 0 Å². The third-order valence-electron chi connectivity index (χ3n) is 4.59. The summed E-state index contributed by atoms with van der Waals surface area (Å²) in [6.45, 7) is 2.21. The van der Waals surface area contributed by atoms with E-state index in [1.54, 1.807) is 6.08 Å². The number of carboxylic acid groups (broad SMARTS) is 1. The molecule has 0 bridgehead atoms. The van der Waals surface area contributed by atoms with Crippen LogP contribution in [0.5, 0.6) is 0 Å². The molecule has 0 aromatic carbocycles. The van der Waals surface area contributed by atoms with Gasteiger partial charge in [-0.25, -0.2) is 4.79 Å². The second-order valence-corrected chi connectivity index (χ2v) is 7.09. The van der Waals surface area contributed by atoms with Gasteiger partial charge in [0, 0.05) is 0 Å². The number of amides is 1. The summed E-state index contributed by atoms with van der Waals surface area (Å²) in [5, 5.41) is 48.5. The molecular weight excluding hydrogens is 366 g/mol. The number of unbranched alkanes of at least 4 members (excludes halogenated alkanes) is 10. The summed E-state index contributed by atoms with van der Waals surface area (Å²) in [4.78, 5) is 22.2. The number of carboxylic acids is 1. The summed E-state index contributed by atoms with van der Waals surface area (Å²) in [6.07, 6.45) is 7.48. The molecule has 6 N–H and O–H groups in total. The monoisotopic (exact) mass is 403 g/mol. The Labute approximate surface area is 167 Å². The fourth-order valence-electron chi connectivity index (χ4n) is 2.73. The lowest BCUT2D eigenvalue weighted by atomic mass is 10.0. The van der Waals surface area contributed by atoms with Crippen LogP contribution in [0.25, 0.3) is 0 Å². The zero-order chi connectivity index (χ0) is 21.4. The molecule has 0 saturated carbocycles. The van der Waals surface area contributed by atoms with Crippen LogP contribution < -0.4 is 5.32 Å². The lowest BCUT2D eigenvalue weighted by Gasteiger charge is -2.23. The van der Waals surface area contributed by atoms with Crippen LogP contribution in [0.1, 0.15) is 77.6 Å². The molecule has 0 aromatic heterocycles. The van der Waals surface area contributed by atoms with Crippen LogP contribution in [0.2, 0.25) is 0 Å². The van der Waals surface area contributed by atoms with E-state index in [2.05, 4.69) is 12.2 Å². The predicted octanol–water partition coefficient (Wildman–Crippen LogP) is 1.46. The number of nitrogens with one attached hydrogen (secondary N) is 1. The van der Waals surface area contributed by atoms with Gasteiger partial charge in [-0.15, -0.1) is 0 Å². The second kappa shape index (κ2) is 16.5. The van der Waals surface area contributed by atoms with Crippen molar-refractivity contribution in [3.8, 4) is 0 Å². The summed E-state index contributed by atoms with van der Waals surface area (Å²) < 4.78 is 0. The molecule has 0 saturated heterocycles. The third-order valence-corrected chi connectivity index (χ3v) is 4.59. The van der Waals surface area contributed by atoms with Gasteiger partial charge in [-0.05, 0) is 19.0 Å². The lowest BCUT2D eigenvalue weighted by molar-refractivity contribution is -0.166. The maximum Gasteiger partial charge on any atom is 0.335 e. The molecule has 164 valence electrons. The average molecular weight is 404 g/mol. The van der Waals surface area contributed by atoms with Gasteiger partial charge >= 0.3 is 5.97 Å². The number of carbonyl (C=O) groups is 2. The van der Waals surface area contributed by atoms with Crippen molar-refractivity contribution in [2.75, 3.05) is 0 Å². The molecule has 0 aliphatic heterocycles. The first-order valence-corrected chi connectivity index (χ1v) is 10.2. The van der Waals surface area contributed by atoms with E-state index in [1.165, 1.54) is 57.6 Å². The highest BCUT2D eigenvalue weighted by molar-refractivity contribution is 5.82. The molecule has 28 heavy (non-hydrogen) atoms. The number of aliphatic hydroxyl groups excluding tert-OH is 4. The molecule has 4 atom stereocenters. The van der Waals surface area contributed by atoms with Crippen LogP contribution in [0, 0.1) is 0 Å². The van der Waals surface area contributed by atoms with Gasteiger partial charge in [-0.1, -0.05) is 70.8 Å². The number of allylic oxidation sites excluding steroid dienone is 1. The van der Waals surface area contributed by atoms with E-state index in [4.69, 9.17) is 10.2 Å². The standard InChI is InChI=1S/C20H37NO7/c1-2-3-4-5-6-7-8-9-10-11-12-13-14-21-19(26)17(24)15(22)16(23)18(25)20(27)28/h13-18,22-25H,2-12H2,1H3,(H,21,26)(H,27,28)/t15-,16-,17+,18-/m1/s1. The van der Waals surface area contributed by atoms with E-state index in [0.717, 1.165) is 19.3 Å². The van der Waals surface area contributed by atoms with E-state index in [-0.39, 0.29) is 0 Å². The van der Waals surface area contributed by atoms with E-state index < -0.39 is 36.3 Å². The van der Waals surface area contributed by atoms with Crippen molar-refractivity contribution in [3.05, 3.63) is 12.3 Å². The molecule has 0 aliphatic carbocycles. The number of carbonyl (C=O) groups excluding carboxylic acids is 1. The Morgan fingerprint density at radius 1 is 0.786 bits per heavy atom. The summed E-state index contributed by atoms with van der Waals surface area (Å²) in [7, 11) is 0. The van der Waals surface area contributed by atoms with Crippen molar-refractivity contribution in [1.29, 1.82) is 0 Å². The Balaban J connectivity index is 3.81. The fraction of sp³-hybridized carbons (Fsp3) is 0.800. The minimum absolute atomic E-state index is 0.760. The van der Waals surface area contributed by atoms with Crippen LogP contribution in [-0.4, -0.2) is 61.8 Å². The quantitative estimate of drug-likeness (QED) is 0.201. The summed E-state index contributed by atoms with van der Waals surface area (Å²) in [5.74, 6) is -2.76. The Morgan fingerprint density at radius 2 is 1.25 bits per heavy atom. The van der Waals surface area contributed by atoms with E-state index in [0.29, 0.717) is 0 Å². The number of rotatable bonds is 17. The van der Waals surface area contributed by atoms with Gasteiger partial charge in [0.15, 0.2) is 12.2 Å². The van der Waals surface area contributed by atoms with Crippen LogP contribution in [0.3, 0.4) is 0 Å². The normalized spacial score (nSPS) is 15.9. The Bertz CT molecular complexity index is 456. The minimum atomic E-state index is -2.30. The zero-order valence-electron chi connectivity index (χ0n) is 16.8. The van der Waals surface area contributed by atoms with Gasteiger partial charge in [-0.3, -0.25) is 4.79 Å². The van der Waals surface area contributed by atoms with Gasteiger partial charge in [-0.2, -0.15) is 0 Å². The van der Waals surface area contributed by atoms with Crippen molar-refractivity contribution in [1.82, 2.24) is 5.32 Å². The van der Waals surface area contributed by atoms with Crippen LogP contribution >= 0.6 is 0 Å². The molecule has 0 radical (unpaired) electrons. The van der Waals surface area contributed by atoms with Gasteiger partial charge in [0.25, 0.3) is 5.91 Å². The summed E-state index contributed by atoms with van der Waals surface area (Å²) in [5.41, 5.74) is 0. The van der Waals surface area contributed by atoms with Crippen LogP contribution in [-0.2, 0) is 9.59 Å². The molecule has 8 nitrogen and oxygen atoms in total. The molecule has 0 unspecified atom stereocenters. The maximum absolute atomic E-state index is 11.7. The first kappa shape index (κ1) is 26.5. The maximum atomic E-state index is 11.7. The Kier molecular flexibility index (Phi) is 15.6. The van der Waals surface area contributed by atoms with Gasteiger partial charge in [0.1, 0.15) is 12.2 Å². The van der Waals surface area contributed by atoms with Crippen molar-refractivity contribution in [2.45, 2.75) is 102 Å². The zero-order valence-corrected chi connectivity index (χ0v) is 16.8. The largest absolute Gasteiger partial charge is 0.479 e. The Hall–Kier alpha value is -1.48. The minimum Gasteiger partial charge on any atom is -0.479 e. The molecule has 0 rings (SSSR count). The first-order valence-electron chi connectivity index (χ1n) is 10.2. The van der Waals surface area contributed by atoms with Crippen molar-refractivity contribution in [3.63, 3.8) is 0 Å². The van der Waals surface area contributed by atoms with Crippen LogP contribution in [0.4, 0.5) is 0 Å². The predicted molar refractivity (Wildman–Crippen MR) is 105 cm³/mol.